The van der Waals surface area contributed by atoms with Gasteiger partial charge in [0.25, 0.3) is 0 Å². The molecule has 0 atom stereocenters. The lowest BCUT2D eigenvalue weighted by molar-refractivity contribution is -0.118. The number of aromatic nitrogens is 2. The van der Waals surface area contributed by atoms with E-state index < -0.39 is 0 Å². The van der Waals surface area contributed by atoms with Gasteiger partial charge in [0.05, 0.1) is 36.0 Å². The summed E-state index contributed by atoms with van der Waals surface area (Å²) in [5.41, 5.74) is 2.62. The van der Waals surface area contributed by atoms with Gasteiger partial charge in [-0.1, -0.05) is 43.4 Å². The summed E-state index contributed by atoms with van der Waals surface area (Å²) in [6.45, 7) is 4.72. The lowest BCUT2D eigenvalue weighted by atomic mass is 10.1. The summed E-state index contributed by atoms with van der Waals surface area (Å²) in [5.74, 6) is 0.738. The third-order valence-corrected chi connectivity index (χ3v) is 6.89. The summed E-state index contributed by atoms with van der Waals surface area (Å²) in [4.78, 5) is 25.5. The van der Waals surface area contributed by atoms with Crippen LogP contribution in [0.2, 0.25) is 0 Å². The van der Waals surface area contributed by atoms with Crippen molar-refractivity contribution in [2.45, 2.75) is 37.0 Å². The molecule has 5 nitrogen and oxygen atoms in total. The van der Waals surface area contributed by atoms with E-state index in [4.69, 9.17) is 9.72 Å². The molecule has 1 amide bonds. The number of thioether (sulfide) groups is 1. The van der Waals surface area contributed by atoms with Crippen LogP contribution in [-0.4, -0.2) is 28.2 Å². The molecule has 2 heterocycles. The lowest BCUT2D eigenvalue weighted by Crippen LogP contribution is -2.32. The number of methoxy groups -OCH3 is 1. The Morgan fingerprint density at radius 1 is 1.12 bits per heavy atom. The highest BCUT2D eigenvalue weighted by Crippen LogP contribution is 2.32. The number of thiazole rings is 1. The van der Waals surface area contributed by atoms with Crippen LogP contribution < -0.4 is 9.64 Å². The van der Waals surface area contributed by atoms with Crippen LogP contribution in [0.1, 0.15) is 25.1 Å². The van der Waals surface area contributed by atoms with E-state index in [1.54, 1.807) is 18.2 Å². The van der Waals surface area contributed by atoms with E-state index in [0.29, 0.717) is 23.3 Å². The van der Waals surface area contributed by atoms with Gasteiger partial charge in [-0.05, 0) is 42.0 Å². The van der Waals surface area contributed by atoms with Crippen molar-refractivity contribution in [1.29, 1.82) is 0 Å². The van der Waals surface area contributed by atoms with Crippen LogP contribution in [0.4, 0.5) is 5.13 Å². The van der Waals surface area contributed by atoms with Gasteiger partial charge in [-0.3, -0.25) is 14.7 Å². The molecule has 0 spiro atoms. The average Bonchev–Trinajstić information content (AvgIpc) is 3.22. The Hall–Kier alpha value is -2.90. The van der Waals surface area contributed by atoms with Gasteiger partial charge in [-0.25, -0.2) is 4.98 Å². The van der Waals surface area contributed by atoms with Crippen molar-refractivity contribution in [2.75, 3.05) is 12.0 Å². The summed E-state index contributed by atoms with van der Waals surface area (Å²) in [6.07, 6.45) is 2.05. The molecule has 4 rings (SSSR count). The quantitative estimate of drug-likeness (QED) is 0.301. The Morgan fingerprint density at radius 3 is 2.62 bits per heavy atom. The highest BCUT2D eigenvalue weighted by atomic mass is 32.2. The minimum absolute atomic E-state index is 0.00839. The van der Waals surface area contributed by atoms with Crippen molar-refractivity contribution in [2.24, 2.45) is 0 Å². The second-order valence-electron chi connectivity index (χ2n) is 7.62. The number of hydrogen-bond donors (Lipinski definition) is 0. The highest BCUT2D eigenvalue weighted by Gasteiger charge is 2.21. The summed E-state index contributed by atoms with van der Waals surface area (Å²) in [7, 11) is 1.64. The van der Waals surface area contributed by atoms with Gasteiger partial charge in [0.1, 0.15) is 5.75 Å². The third kappa shape index (κ3) is 5.47. The molecule has 32 heavy (non-hydrogen) atoms. The molecule has 0 saturated carbocycles. The van der Waals surface area contributed by atoms with Crippen LogP contribution in [0.3, 0.4) is 0 Å². The van der Waals surface area contributed by atoms with Crippen LogP contribution in [0.15, 0.2) is 71.8 Å². The number of carbonyl (C=O) groups is 1. The number of fused-ring (bicyclic) bond motifs is 1. The second-order valence-corrected chi connectivity index (χ2v) is 10.3. The second kappa shape index (κ2) is 10.1. The Balaban J connectivity index is 1.61. The van der Waals surface area contributed by atoms with Crippen molar-refractivity contribution in [1.82, 2.24) is 9.97 Å². The number of ether oxygens (including phenoxy) is 1. The Kier molecular flexibility index (Phi) is 7.07. The summed E-state index contributed by atoms with van der Waals surface area (Å²) in [5, 5.41) is 1.19. The molecular weight excluding hydrogens is 438 g/mol. The maximum Gasteiger partial charge on any atom is 0.233 e. The zero-order valence-corrected chi connectivity index (χ0v) is 20.0. The van der Waals surface area contributed by atoms with E-state index in [0.717, 1.165) is 27.2 Å². The summed E-state index contributed by atoms with van der Waals surface area (Å²) >= 11 is 3.31. The van der Waals surface area contributed by atoms with E-state index in [9.17, 15) is 4.79 Å². The van der Waals surface area contributed by atoms with Crippen LogP contribution >= 0.6 is 23.1 Å². The van der Waals surface area contributed by atoms with Gasteiger partial charge in [0, 0.05) is 22.4 Å². The predicted molar refractivity (Wildman–Crippen MR) is 133 cm³/mol. The Labute approximate surface area is 196 Å². The molecule has 0 aliphatic heterocycles. The standard InChI is InChI=1S/C25H25N3O2S2/c1-17(2)31-21-10-7-18(8-11-21)14-24(29)28(16-19-6-4-5-13-26-19)25-27-22-15-20(30-3)9-12-23(22)32-25/h4-13,15,17H,14,16H2,1-3H3. The fourth-order valence-corrected chi connectivity index (χ4v) is 5.08. The van der Waals surface area contributed by atoms with Gasteiger partial charge in [0.15, 0.2) is 5.13 Å². The van der Waals surface area contributed by atoms with Crippen molar-refractivity contribution >= 4 is 44.4 Å². The van der Waals surface area contributed by atoms with Crippen LogP contribution in [-0.2, 0) is 17.8 Å². The van der Waals surface area contributed by atoms with Gasteiger partial charge < -0.3 is 4.74 Å². The molecule has 0 unspecified atom stereocenters. The molecule has 0 fully saturated rings. The molecule has 7 heteroatoms. The first-order valence-corrected chi connectivity index (χ1v) is 12.1. The first-order chi connectivity index (χ1) is 15.5. The van der Waals surface area contributed by atoms with Gasteiger partial charge in [-0.2, -0.15) is 0 Å². The summed E-state index contributed by atoms with van der Waals surface area (Å²) < 4.78 is 6.33. The Morgan fingerprint density at radius 2 is 1.94 bits per heavy atom. The number of benzene rings is 2. The number of anilines is 1. The first kappa shape index (κ1) is 22.3. The number of amides is 1. The number of nitrogens with zero attached hydrogens (tertiary/aromatic N) is 3. The topological polar surface area (TPSA) is 55.3 Å². The monoisotopic (exact) mass is 463 g/mol. The minimum atomic E-state index is -0.00839. The largest absolute Gasteiger partial charge is 0.497 e. The van der Waals surface area contributed by atoms with E-state index in [1.165, 1.54) is 16.2 Å². The van der Waals surface area contributed by atoms with Crippen molar-refractivity contribution < 1.29 is 9.53 Å². The van der Waals surface area contributed by atoms with Gasteiger partial charge >= 0.3 is 0 Å². The molecule has 0 N–H and O–H groups in total. The molecule has 0 aliphatic carbocycles. The molecule has 2 aromatic heterocycles. The van der Waals surface area contributed by atoms with Crippen molar-refractivity contribution in [3.05, 3.63) is 78.1 Å². The maximum absolute atomic E-state index is 13.4. The lowest BCUT2D eigenvalue weighted by Gasteiger charge is -2.19. The van der Waals surface area contributed by atoms with Crippen LogP contribution in [0.5, 0.6) is 5.75 Å². The molecular formula is C25H25N3O2S2. The highest BCUT2D eigenvalue weighted by molar-refractivity contribution is 7.99. The van der Waals surface area contributed by atoms with Crippen molar-refractivity contribution in [3.8, 4) is 5.75 Å². The molecule has 2 aromatic carbocycles. The summed E-state index contributed by atoms with van der Waals surface area (Å²) in [6, 6.07) is 19.7. The smallest absolute Gasteiger partial charge is 0.233 e. The molecule has 164 valence electrons. The predicted octanol–water partition coefficient (Wildman–Crippen LogP) is 5.98. The van der Waals surface area contributed by atoms with Crippen LogP contribution in [0, 0.1) is 0 Å². The van der Waals surface area contributed by atoms with Gasteiger partial charge in [-0.15, -0.1) is 11.8 Å². The minimum Gasteiger partial charge on any atom is -0.497 e. The van der Waals surface area contributed by atoms with Crippen LogP contribution in [0.25, 0.3) is 10.2 Å². The fourth-order valence-electron chi connectivity index (χ4n) is 3.28. The molecule has 0 radical (unpaired) electrons. The maximum atomic E-state index is 13.4. The number of rotatable bonds is 8. The number of pyridine rings is 1. The van der Waals surface area contributed by atoms with E-state index in [-0.39, 0.29) is 5.91 Å². The number of carbonyl (C=O) groups excluding carboxylic acids is 1. The first-order valence-electron chi connectivity index (χ1n) is 10.4. The third-order valence-electron chi connectivity index (χ3n) is 4.81. The van der Waals surface area contributed by atoms with Gasteiger partial charge in [0.2, 0.25) is 5.91 Å². The molecule has 0 bridgehead atoms. The molecule has 0 saturated heterocycles. The Bertz CT molecular complexity index is 1190. The molecule has 0 aliphatic rings. The average molecular weight is 464 g/mol. The zero-order valence-electron chi connectivity index (χ0n) is 18.3. The fraction of sp³-hybridized carbons (Fsp3) is 0.240. The van der Waals surface area contributed by atoms with E-state index in [2.05, 4.69) is 31.0 Å². The number of hydrogen-bond acceptors (Lipinski definition) is 6. The van der Waals surface area contributed by atoms with E-state index in [1.807, 2.05) is 60.3 Å². The zero-order chi connectivity index (χ0) is 22.5. The van der Waals surface area contributed by atoms with E-state index >= 15 is 0 Å². The normalized spacial score (nSPS) is 11.1. The SMILES string of the molecule is COc1ccc2sc(N(Cc3ccccn3)C(=O)Cc3ccc(SC(C)C)cc3)nc2c1. The molecule has 4 aromatic rings. The van der Waals surface area contributed by atoms with Crippen molar-refractivity contribution in [3.63, 3.8) is 0 Å².